The van der Waals surface area contributed by atoms with E-state index in [-0.39, 0.29) is 11.9 Å². The second-order valence-electron chi connectivity index (χ2n) is 5.37. The van der Waals surface area contributed by atoms with E-state index < -0.39 is 0 Å². The number of H-pyrrole nitrogens is 2. The molecule has 1 amide bonds. The molecule has 21 heavy (non-hydrogen) atoms. The van der Waals surface area contributed by atoms with Crippen LogP contribution in [-0.2, 0) is 6.42 Å². The van der Waals surface area contributed by atoms with Gasteiger partial charge in [-0.15, -0.1) is 0 Å². The van der Waals surface area contributed by atoms with Crippen molar-refractivity contribution in [3.63, 3.8) is 0 Å². The van der Waals surface area contributed by atoms with Crippen LogP contribution in [0.4, 0.5) is 0 Å². The zero-order valence-corrected chi connectivity index (χ0v) is 12.1. The number of hydrogen-bond donors (Lipinski definition) is 3. The van der Waals surface area contributed by atoms with Crippen LogP contribution in [0.15, 0.2) is 36.5 Å². The average Bonchev–Trinajstić information content (AvgIpc) is 3.04. The fourth-order valence-corrected chi connectivity index (χ4v) is 2.50. The van der Waals surface area contributed by atoms with E-state index in [1.807, 2.05) is 44.2 Å². The number of nitrogens with one attached hydrogen (secondary N) is 3. The summed E-state index contributed by atoms with van der Waals surface area (Å²) >= 11 is 0. The number of amides is 1. The third-order valence-corrected chi connectivity index (χ3v) is 3.49. The maximum Gasteiger partial charge on any atom is 0.253 e. The molecule has 0 unspecified atom stereocenters. The predicted octanol–water partition coefficient (Wildman–Crippen LogP) is 2.56. The fraction of sp³-hybridized carbons (Fsp3) is 0.250. The van der Waals surface area contributed by atoms with Crippen LogP contribution in [0.1, 0.15) is 28.7 Å². The van der Waals surface area contributed by atoms with Gasteiger partial charge in [0.05, 0.1) is 11.3 Å². The molecule has 2 aromatic heterocycles. The lowest BCUT2D eigenvalue weighted by Crippen LogP contribution is -2.34. The van der Waals surface area contributed by atoms with E-state index in [0.29, 0.717) is 12.0 Å². The molecule has 0 bridgehead atoms. The molecule has 5 nitrogen and oxygen atoms in total. The Bertz CT molecular complexity index is 771. The molecule has 0 spiro atoms. The molecule has 0 radical (unpaired) electrons. The maximum absolute atomic E-state index is 12.4. The Morgan fingerprint density at radius 1 is 1.38 bits per heavy atom. The Balaban J connectivity index is 1.71. The predicted molar refractivity (Wildman–Crippen MR) is 82.3 cm³/mol. The van der Waals surface area contributed by atoms with E-state index in [0.717, 1.165) is 22.3 Å². The van der Waals surface area contributed by atoms with Crippen molar-refractivity contribution in [3.8, 4) is 0 Å². The van der Waals surface area contributed by atoms with Crippen molar-refractivity contribution in [2.45, 2.75) is 26.3 Å². The molecule has 0 saturated carbocycles. The molecule has 5 heteroatoms. The maximum atomic E-state index is 12.4. The quantitative estimate of drug-likeness (QED) is 0.688. The monoisotopic (exact) mass is 282 g/mol. The summed E-state index contributed by atoms with van der Waals surface area (Å²) in [5.74, 6) is -0.0628. The first-order chi connectivity index (χ1) is 10.1. The summed E-state index contributed by atoms with van der Waals surface area (Å²) in [6, 6.07) is 9.80. The third-order valence-electron chi connectivity index (χ3n) is 3.49. The molecule has 108 valence electrons. The van der Waals surface area contributed by atoms with Crippen LogP contribution in [0, 0.1) is 6.92 Å². The number of aromatic amines is 2. The Labute approximate surface area is 122 Å². The van der Waals surface area contributed by atoms with Gasteiger partial charge in [-0.3, -0.25) is 9.89 Å². The molecule has 0 aliphatic heterocycles. The lowest BCUT2D eigenvalue weighted by molar-refractivity contribution is 0.0941. The van der Waals surface area contributed by atoms with Crippen molar-refractivity contribution in [2.75, 3.05) is 0 Å². The first-order valence-corrected chi connectivity index (χ1v) is 7.01. The number of aryl methyl sites for hydroxylation is 1. The highest BCUT2D eigenvalue weighted by Crippen LogP contribution is 2.17. The first-order valence-electron chi connectivity index (χ1n) is 7.01. The number of benzene rings is 1. The number of carbonyl (C=O) groups excluding carboxylic acids is 1. The smallest absolute Gasteiger partial charge is 0.253 e. The number of aromatic nitrogens is 3. The van der Waals surface area contributed by atoms with E-state index in [1.54, 1.807) is 6.20 Å². The molecule has 3 N–H and O–H groups in total. The van der Waals surface area contributed by atoms with Crippen molar-refractivity contribution in [2.24, 2.45) is 0 Å². The van der Waals surface area contributed by atoms with Crippen LogP contribution >= 0.6 is 0 Å². The largest absolute Gasteiger partial charge is 0.360 e. The highest BCUT2D eigenvalue weighted by molar-refractivity contribution is 6.06. The minimum absolute atomic E-state index is 0.0221. The van der Waals surface area contributed by atoms with Gasteiger partial charge < -0.3 is 10.3 Å². The molecule has 1 atom stereocenters. The van der Waals surface area contributed by atoms with Crippen LogP contribution in [0.2, 0.25) is 0 Å². The highest BCUT2D eigenvalue weighted by atomic mass is 16.1. The molecule has 3 rings (SSSR count). The topological polar surface area (TPSA) is 73.6 Å². The van der Waals surface area contributed by atoms with Gasteiger partial charge in [-0.05, 0) is 26.0 Å². The molecule has 0 fully saturated rings. The lowest BCUT2D eigenvalue weighted by Gasteiger charge is -2.12. The molecule has 2 heterocycles. The Kier molecular flexibility index (Phi) is 3.48. The molecular formula is C16H18N4O. The number of para-hydroxylation sites is 1. The van der Waals surface area contributed by atoms with Crippen LogP contribution in [0.25, 0.3) is 10.9 Å². The van der Waals surface area contributed by atoms with Gasteiger partial charge in [0.1, 0.15) is 0 Å². The summed E-state index contributed by atoms with van der Waals surface area (Å²) in [4.78, 5) is 15.5. The second-order valence-corrected chi connectivity index (χ2v) is 5.37. The number of nitrogens with zero attached hydrogens (tertiary/aromatic N) is 1. The van der Waals surface area contributed by atoms with Gasteiger partial charge in [0.2, 0.25) is 0 Å². The van der Waals surface area contributed by atoms with Crippen molar-refractivity contribution >= 4 is 16.8 Å². The van der Waals surface area contributed by atoms with Crippen LogP contribution in [0.5, 0.6) is 0 Å². The third kappa shape index (κ3) is 2.81. The van der Waals surface area contributed by atoms with E-state index in [4.69, 9.17) is 0 Å². The number of carbonyl (C=O) groups is 1. The normalized spacial score (nSPS) is 12.5. The van der Waals surface area contributed by atoms with Crippen molar-refractivity contribution in [1.29, 1.82) is 0 Å². The minimum atomic E-state index is -0.0628. The number of rotatable bonds is 4. The molecule has 1 aromatic carbocycles. The van der Waals surface area contributed by atoms with Crippen LogP contribution < -0.4 is 5.32 Å². The number of fused-ring (bicyclic) bond motifs is 1. The summed E-state index contributed by atoms with van der Waals surface area (Å²) in [6.07, 6.45) is 2.46. The number of hydrogen-bond acceptors (Lipinski definition) is 2. The highest BCUT2D eigenvalue weighted by Gasteiger charge is 2.15. The zero-order chi connectivity index (χ0) is 14.8. The Morgan fingerprint density at radius 3 is 2.95 bits per heavy atom. The standard InChI is InChI=1S/C16H18N4O/c1-10(7-12-8-11(2)19-20-12)18-16(21)14-9-17-15-6-4-3-5-13(14)15/h3-6,8-10,17H,7H2,1-2H3,(H,18,21)(H,19,20)/t10-/m1/s1. The van der Waals surface area contributed by atoms with Gasteiger partial charge in [-0.25, -0.2) is 0 Å². The van der Waals surface area contributed by atoms with Gasteiger partial charge in [0.25, 0.3) is 5.91 Å². The van der Waals surface area contributed by atoms with Gasteiger partial charge in [-0.2, -0.15) is 5.10 Å². The summed E-state index contributed by atoms with van der Waals surface area (Å²) in [7, 11) is 0. The van der Waals surface area contributed by atoms with E-state index in [9.17, 15) is 4.79 Å². The average molecular weight is 282 g/mol. The summed E-state index contributed by atoms with van der Waals surface area (Å²) in [5, 5.41) is 11.1. The van der Waals surface area contributed by atoms with Gasteiger partial charge in [-0.1, -0.05) is 18.2 Å². The Morgan fingerprint density at radius 2 is 2.19 bits per heavy atom. The van der Waals surface area contributed by atoms with Gasteiger partial charge >= 0.3 is 0 Å². The van der Waals surface area contributed by atoms with E-state index >= 15 is 0 Å². The van der Waals surface area contributed by atoms with Crippen molar-refractivity contribution in [3.05, 3.63) is 53.5 Å². The van der Waals surface area contributed by atoms with Crippen molar-refractivity contribution < 1.29 is 4.79 Å². The molecular weight excluding hydrogens is 264 g/mol. The summed E-state index contributed by atoms with van der Waals surface area (Å²) in [6.45, 7) is 3.95. The molecule has 0 aliphatic rings. The summed E-state index contributed by atoms with van der Waals surface area (Å²) < 4.78 is 0. The van der Waals surface area contributed by atoms with E-state index in [2.05, 4.69) is 20.5 Å². The Hall–Kier alpha value is -2.56. The molecule has 0 aliphatic carbocycles. The SMILES string of the molecule is Cc1cc(C[C@@H](C)NC(=O)c2c[nH]c3ccccc23)n[nH]1. The first kappa shape index (κ1) is 13.4. The summed E-state index contributed by atoms with van der Waals surface area (Å²) in [5.41, 5.74) is 3.63. The minimum Gasteiger partial charge on any atom is -0.360 e. The fourth-order valence-electron chi connectivity index (χ4n) is 2.50. The van der Waals surface area contributed by atoms with E-state index in [1.165, 1.54) is 0 Å². The van der Waals surface area contributed by atoms with Crippen molar-refractivity contribution in [1.82, 2.24) is 20.5 Å². The van der Waals surface area contributed by atoms with Gasteiger partial charge in [0, 0.05) is 35.3 Å². The second kappa shape index (κ2) is 5.44. The van der Waals surface area contributed by atoms with Crippen LogP contribution in [0.3, 0.4) is 0 Å². The lowest BCUT2D eigenvalue weighted by atomic mass is 10.1. The zero-order valence-electron chi connectivity index (χ0n) is 12.1. The molecule has 3 aromatic rings. The van der Waals surface area contributed by atoms with Gasteiger partial charge in [0.15, 0.2) is 0 Å². The van der Waals surface area contributed by atoms with Crippen LogP contribution in [-0.4, -0.2) is 27.1 Å². The molecule has 0 saturated heterocycles.